The van der Waals surface area contributed by atoms with Crippen LogP contribution in [0.5, 0.6) is 0 Å². The molecular weight excluding hydrogens is 340 g/mol. The van der Waals surface area contributed by atoms with E-state index in [1.54, 1.807) is 16.8 Å². The molecule has 0 saturated heterocycles. The molecule has 2 aromatic heterocycles. The maximum atomic E-state index is 14.1. The first-order valence-electron chi connectivity index (χ1n) is 9.02. The number of fused-ring (bicyclic) bond motifs is 1. The zero-order valence-electron chi connectivity index (χ0n) is 16.0. The largest absolute Gasteiger partial charge is 0.451 e. The molecule has 0 unspecified atom stereocenters. The second kappa shape index (κ2) is 6.37. The minimum atomic E-state index is -0.236. The molecule has 0 spiro atoms. The van der Waals surface area contributed by atoms with Crippen LogP contribution in [-0.4, -0.2) is 22.6 Å². The second-order valence-corrected chi connectivity index (χ2v) is 7.79. The number of benzene rings is 2. The number of hydrogen-bond donors (Lipinski definition) is 0. The summed E-state index contributed by atoms with van der Waals surface area (Å²) < 4.78 is 21.9. The van der Waals surface area contributed by atoms with E-state index >= 15 is 0 Å². The molecule has 0 atom stereocenters. The predicted octanol–water partition coefficient (Wildman–Crippen LogP) is 3.43. The van der Waals surface area contributed by atoms with E-state index in [0.29, 0.717) is 23.7 Å². The molecule has 2 heterocycles. The normalized spacial score (nSPS) is 12.0. The van der Waals surface area contributed by atoms with Crippen LogP contribution >= 0.6 is 0 Å². The van der Waals surface area contributed by atoms with Crippen LogP contribution in [0, 0.1) is 5.82 Å². The molecule has 2 aromatic carbocycles. The number of aromatic nitrogens is 3. The van der Waals surface area contributed by atoms with Crippen molar-refractivity contribution in [2.75, 3.05) is 0 Å². The first kappa shape index (κ1) is 17.5. The highest BCUT2D eigenvalue weighted by molar-refractivity contribution is 6.30. The van der Waals surface area contributed by atoms with Crippen LogP contribution < -0.4 is 5.66 Å². The molecule has 0 aliphatic carbocycles. The molecule has 0 aliphatic heterocycles. The van der Waals surface area contributed by atoms with E-state index in [9.17, 15) is 4.39 Å². The second-order valence-electron chi connectivity index (χ2n) is 7.79. The van der Waals surface area contributed by atoms with Crippen molar-refractivity contribution in [3.63, 3.8) is 0 Å². The van der Waals surface area contributed by atoms with Gasteiger partial charge in [-0.25, -0.2) is 9.37 Å². The Balaban J connectivity index is 1.85. The average Bonchev–Trinajstić information content (AvgIpc) is 3.18. The number of hydrogen-bond acceptors (Lipinski definition) is 3. The van der Waals surface area contributed by atoms with Gasteiger partial charge in [0.05, 0.1) is 23.4 Å². The Kier molecular flexibility index (Phi) is 4.14. The molecule has 0 fully saturated rings. The quantitative estimate of drug-likeness (QED) is 0.525. The molecule has 27 heavy (non-hydrogen) atoms. The van der Waals surface area contributed by atoms with Crippen LogP contribution in [0.25, 0.3) is 22.5 Å². The van der Waals surface area contributed by atoms with Crippen molar-refractivity contribution < 1.29 is 8.81 Å². The lowest BCUT2D eigenvalue weighted by Crippen LogP contribution is -2.21. The van der Waals surface area contributed by atoms with Gasteiger partial charge in [-0.05, 0) is 12.1 Å². The summed E-state index contributed by atoms with van der Waals surface area (Å²) in [5.74, 6) is 0.265. The zero-order valence-corrected chi connectivity index (χ0v) is 16.0. The SMILES string of the molecule is Bc1oc(-c2nn(Cc3ccccc3F)c3ccccc23)nc1C(C)(C)C. The van der Waals surface area contributed by atoms with Crippen LogP contribution in [-0.2, 0) is 12.0 Å². The van der Waals surface area contributed by atoms with Crippen molar-refractivity contribution in [1.82, 2.24) is 14.8 Å². The molecule has 0 amide bonds. The number of oxazole rings is 1. The summed E-state index contributed by atoms with van der Waals surface area (Å²) in [6.07, 6.45) is 0. The van der Waals surface area contributed by atoms with Gasteiger partial charge >= 0.3 is 0 Å². The van der Waals surface area contributed by atoms with Crippen molar-refractivity contribution in [3.05, 3.63) is 65.6 Å². The third-order valence-electron chi connectivity index (χ3n) is 4.65. The standard InChI is InChI=1S/C21H21BFN3O/c1-21(2,3)18-19(22)27-20(24-18)17-14-9-5-7-11-16(14)26(25-17)12-13-8-4-6-10-15(13)23/h4-11H,12,22H2,1-3H3. The van der Waals surface area contributed by atoms with Crippen LogP contribution in [0.1, 0.15) is 32.0 Å². The number of halogens is 1. The van der Waals surface area contributed by atoms with Gasteiger partial charge < -0.3 is 4.42 Å². The van der Waals surface area contributed by atoms with Crippen LogP contribution in [0.2, 0.25) is 0 Å². The van der Waals surface area contributed by atoms with E-state index in [1.165, 1.54) is 6.07 Å². The van der Waals surface area contributed by atoms with E-state index in [-0.39, 0.29) is 11.2 Å². The third kappa shape index (κ3) is 3.16. The minimum Gasteiger partial charge on any atom is -0.451 e. The Morgan fingerprint density at radius 3 is 2.48 bits per heavy atom. The van der Waals surface area contributed by atoms with Gasteiger partial charge in [-0.3, -0.25) is 4.68 Å². The molecule has 6 heteroatoms. The Labute approximate surface area is 158 Å². The van der Waals surface area contributed by atoms with Gasteiger partial charge in [-0.2, -0.15) is 5.10 Å². The van der Waals surface area contributed by atoms with Gasteiger partial charge in [0.1, 0.15) is 5.82 Å². The smallest absolute Gasteiger partial charge is 0.247 e. The summed E-state index contributed by atoms with van der Waals surface area (Å²) in [6.45, 7) is 6.67. The average molecular weight is 361 g/mol. The number of rotatable bonds is 3. The Bertz CT molecular complexity index is 1120. The zero-order chi connectivity index (χ0) is 19.2. The van der Waals surface area contributed by atoms with Gasteiger partial charge in [-0.15, -0.1) is 0 Å². The van der Waals surface area contributed by atoms with Gasteiger partial charge in [0.15, 0.2) is 13.5 Å². The van der Waals surface area contributed by atoms with E-state index < -0.39 is 0 Å². The summed E-state index contributed by atoms with van der Waals surface area (Å²) >= 11 is 0. The Morgan fingerprint density at radius 1 is 1.07 bits per heavy atom. The molecule has 136 valence electrons. The maximum absolute atomic E-state index is 14.1. The van der Waals surface area contributed by atoms with E-state index in [4.69, 9.17) is 14.5 Å². The molecule has 0 bridgehead atoms. The van der Waals surface area contributed by atoms with E-state index in [0.717, 1.165) is 22.3 Å². The third-order valence-corrected chi connectivity index (χ3v) is 4.65. The predicted molar refractivity (Wildman–Crippen MR) is 108 cm³/mol. The van der Waals surface area contributed by atoms with E-state index in [1.807, 2.05) is 38.2 Å². The van der Waals surface area contributed by atoms with Crippen LogP contribution in [0.4, 0.5) is 4.39 Å². The topological polar surface area (TPSA) is 43.9 Å². The van der Waals surface area contributed by atoms with Crippen LogP contribution in [0.15, 0.2) is 52.9 Å². The lowest BCUT2D eigenvalue weighted by Gasteiger charge is -2.15. The van der Waals surface area contributed by atoms with Gasteiger partial charge in [0.25, 0.3) is 0 Å². The highest BCUT2D eigenvalue weighted by Crippen LogP contribution is 2.29. The monoisotopic (exact) mass is 361 g/mol. The molecule has 0 aliphatic rings. The van der Waals surface area contributed by atoms with Crippen molar-refractivity contribution in [3.8, 4) is 11.6 Å². The summed E-state index contributed by atoms with van der Waals surface area (Å²) in [6, 6.07) is 14.6. The summed E-state index contributed by atoms with van der Waals surface area (Å²) in [4.78, 5) is 4.72. The van der Waals surface area contributed by atoms with Crippen molar-refractivity contribution in [2.45, 2.75) is 32.7 Å². The highest BCUT2D eigenvalue weighted by atomic mass is 19.1. The lowest BCUT2D eigenvalue weighted by atomic mass is 9.86. The number of para-hydroxylation sites is 1. The van der Waals surface area contributed by atoms with Crippen molar-refractivity contribution in [2.24, 2.45) is 0 Å². The molecule has 4 rings (SSSR count). The van der Waals surface area contributed by atoms with Crippen molar-refractivity contribution in [1.29, 1.82) is 0 Å². The summed E-state index contributed by atoms with van der Waals surface area (Å²) in [5.41, 5.74) is 3.80. The first-order chi connectivity index (χ1) is 12.8. The number of nitrogens with zero attached hydrogens (tertiary/aromatic N) is 3. The summed E-state index contributed by atoms with van der Waals surface area (Å²) in [7, 11) is 1.93. The Morgan fingerprint density at radius 2 is 1.78 bits per heavy atom. The van der Waals surface area contributed by atoms with Gasteiger partial charge in [0.2, 0.25) is 5.89 Å². The molecule has 0 radical (unpaired) electrons. The molecule has 0 N–H and O–H groups in total. The molecular formula is C21H21BFN3O. The van der Waals surface area contributed by atoms with Gasteiger partial charge in [-0.1, -0.05) is 57.2 Å². The minimum absolute atomic E-state index is 0.114. The molecule has 4 aromatic rings. The van der Waals surface area contributed by atoms with Crippen LogP contribution in [0.3, 0.4) is 0 Å². The van der Waals surface area contributed by atoms with Crippen molar-refractivity contribution >= 4 is 24.4 Å². The summed E-state index contributed by atoms with van der Waals surface area (Å²) in [5, 5.41) is 5.67. The van der Waals surface area contributed by atoms with Gasteiger partial charge in [0, 0.05) is 16.4 Å². The molecule has 0 saturated carbocycles. The first-order valence-corrected chi connectivity index (χ1v) is 9.02. The fraction of sp³-hybridized carbons (Fsp3) is 0.238. The maximum Gasteiger partial charge on any atom is 0.247 e. The molecule has 4 nitrogen and oxygen atoms in total. The fourth-order valence-corrected chi connectivity index (χ4v) is 3.39. The fourth-order valence-electron chi connectivity index (χ4n) is 3.39. The lowest BCUT2D eigenvalue weighted by molar-refractivity contribution is 0.566. The van der Waals surface area contributed by atoms with E-state index in [2.05, 4.69) is 20.8 Å². The highest BCUT2D eigenvalue weighted by Gasteiger charge is 2.25. The Hall–Kier alpha value is -2.89.